The van der Waals surface area contributed by atoms with E-state index in [-0.39, 0.29) is 12.5 Å². The third-order valence-electron chi connectivity index (χ3n) is 6.70. The Morgan fingerprint density at radius 3 is 2.39 bits per heavy atom. The van der Waals surface area contributed by atoms with Crippen molar-refractivity contribution in [1.82, 2.24) is 4.90 Å². The Morgan fingerprint density at radius 2 is 1.72 bits per heavy atom. The molecule has 1 aliphatic carbocycles. The lowest BCUT2D eigenvalue weighted by molar-refractivity contribution is -0.114. The molecule has 0 aliphatic heterocycles. The van der Waals surface area contributed by atoms with Crippen molar-refractivity contribution >= 4 is 23.0 Å². The summed E-state index contributed by atoms with van der Waals surface area (Å²) in [6, 6.07) is 21.8. The van der Waals surface area contributed by atoms with Gasteiger partial charge in [-0.15, -0.1) is 0 Å². The second kappa shape index (κ2) is 12.4. The van der Waals surface area contributed by atoms with Crippen LogP contribution in [0.25, 0.3) is 0 Å². The number of aromatic hydroxyl groups is 1. The lowest BCUT2D eigenvalue weighted by atomic mass is 9.86. The molecule has 188 valence electrons. The van der Waals surface area contributed by atoms with Crippen molar-refractivity contribution < 1.29 is 9.90 Å². The second-order valence-electron chi connectivity index (χ2n) is 9.26. The molecule has 4 N–H and O–H groups in total. The van der Waals surface area contributed by atoms with E-state index < -0.39 is 0 Å². The summed E-state index contributed by atoms with van der Waals surface area (Å²) in [5.74, 6) is 0.213. The van der Waals surface area contributed by atoms with Crippen LogP contribution < -0.4 is 11.1 Å². The molecule has 0 spiro atoms. The van der Waals surface area contributed by atoms with Crippen LogP contribution in [0.4, 0.5) is 17.1 Å². The number of phenolic OH excluding ortho intramolecular Hbond substituents is 1. The van der Waals surface area contributed by atoms with E-state index in [1.807, 2.05) is 18.2 Å². The van der Waals surface area contributed by atoms with Crippen molar-refractivity contribution in [1.29, 1.82) is 0 Å². The number of phenols is 1. The first-order chi connectivity index (χ1) is 17.6. The van der Waals surface area contributed by atoms with E-state index in [4.69, 9.17) is 5.73 Å². The summed E-state index contributed by atoms with van der Waals surface area (Å²) in [5.41, 5.74) is 11.2. The summed E-state index contributed by atoms with van der Waals surface area (Å²) < 4.78 is 0. The van der Waals surface area contributed by atoms with Crippen LogP contribution in [0, 0.1) is 0 Å². The zero-order chi connectivity index (χ0) is 25.3. The number of carbonyl (C=O) groups excluding carboxylic acids is 1. The first-order valence-electron chi connectivity index (χ1n) is 12.7. The van der Waals surface area contributed by atoms with E-state index in [1.54, 1.807) is 30.3 Å². The van der Waals surface area contributed by atoms with E-state index in [0.29, 0.717) is 23.2 Å². The number of nitrogens with two attached hydrogens (primary N) is 1. The Morgan fingerprint density at radius 1 is 1.03 bits per heavy atom. The molecule has 0 heterocycles. The third kappa shape index (κ3) is 6.77. The number of anilines is 1. The van der Waals surface area contributed by atoms with Crippen LogP contribution in [-0.2, 0) is 24.1 Å². The summed E-state index contributed by atoms with van der Waals surface area (Å²) in [5, 5.41) is 21.5. The molecular formula is C29H35N5O2. The maximum absolute atomic E-state index is 11.4. The number of rotatable bonds is 10. The molecule has 0 saturated heterocycles. The molecule has 0 radical (unpaired) electrons. The molecule has 4 rings (SSSR count). The highest BCUT2D eigenvalue weighted by atomic mass is 16.3. The third-order valence-corrected chi connectivity index (χ3v) is 6.70. The average molecular weight is 486 g/mol. The van der Waals surface area contributed by atoms with Gasteiger partial charge in [-0.05, 0) is 97.8 Å². The number of hydrogen-bond donors (Lipinski definition) is 3. The van der Waals surface area contributed by atoms with Gasteiger partial charge in [0.05, 0.1) is 17.9 Å². The van der Waals surface area contributed by atoms with Gasteiger partial charge in [0.2, 0.25) is 5.91 Å². The van der Waals surface area contributed by atoms with Crippen molar-refractivity contribution in [2.75, 3.05) is 25.0 Å². The summed E-state index contributed by atoms with van der Waals surface area (Å²) in [6.45, 7) is 4.29. The van der Waals surface area contributed by atoms with Crippen molar-refractivity contribution in [2.24, 2.45) is 16.0 Å². The highest BCUT2D eigenvalue weighted by Gasteiger charge is 2.25. The molecule has 3 aromatic rings. The van der Waals surface area contributed by atoms with Crippen LogP contribution in [0.5, 0.6) is 5.75 Å². The summed E-state index contributed by atoms with van der Waals surface area (Å²) >= 11 is 0. The van der Waals surface area contributed by atoms with Crippen LogP contribution in [0.2, 0.25) is 0 Å². The molecule has 0 saturated carbocycles. The lowest BCUT2D eigenvalue weighted by Crippen LogP contribution is -2.41. The molecular weight excluding hydrogens is 450 g/mol. The predicted molar refractivity (Wildman–Crippen MR) is 144 cm³/mol. The van der Waals surface area contributed by atoms with Crippen molar-refractivity contribution in [3.05, 3.63) is 83.4 Å². The molecule has 1 amide bonds. The number of hydrogen-bond acceptors (Lipinski definition) is 6. The summed E-state index contributed by atoms with van der Waals surface area (Å²) in [4.78, 5) is 14.0. The normalized spacial score (nSPS) is 15.2. The van der Waals surface area contributed by atoms with Gasteiger partial charge in [-0.2, -0.15) is 10.2 Å². The number of benzene rings is 3. The zero-order valence-corrected chi connectivity index (χ0v) is 20.9. The van der Waals surface area contributed by atoms with Crippen LogP contribution >= 0.6 is 0 Å². The molecule has 7 nitrogen and oxygen atoms in total. The Labute approximate surface area is 213 Å². The fraction of sp³-hybridized carbons (Fsp3) is 0.345. The molecule has 1 unspecified atom stereocenters. The minimum atomic E-state index is -0.230. The number of azo groups is 1. The maximum Gasteiger partial charge on any atom is 0.238 e. The van der Waals surface area contributed by atoms with Crippen LogP contribution in [-0.4, -0.2) is 41.6 Å². The van der Waals surface area contributed by atoms with Gasteiger partial charge in [-0.3, -0.25) is 9.69 Å². The molecule has 36 heavy (non-hydrogen) atoms. The van der Waals surface area contributed by atoms with Crippen LogP contribution in [0.1, 0.15) is 36.5 Å². The first-order valence-corrected chi connectivity index (χ1v) is 12.7. The van der Waals surface area contributed by atoms with Crippen LogP contribution in [0.15, 0.2) is 77.0 Å². The Balaban J connectivity index is 1.31. The van der Waals surface area contributed by atoms with E-state index in [2.05, 4.69) is 45.6 Å². The minimum Gasteiger partial charge on any atom is -0.508 e. The van der Waals surface area contributed by atoms with Gasteiger partial charge in [-0.25, -0.2) is 0 Å². The molecule has 0 bridgehead atoms. The topological polar surface area (TPSA) is 103 Å². The van der Waals surface area contributed by atoms with Gasteiger partial charge in [-0.1, -0.05) is 31.2 Å². The summed E-state index contributed by atoms with van der Waals surface area (Å²) in [7, 11) is 0. The molecule has 3 aromatic carbocycles. The van der Waals surface area contributed by atoms with E-state index in [1.165, 1.54) is 11.1 Å². The lowest BCUT2D eigenvalue weighted by Gasteiger charge is -2.35. The van der Waals surface area contributed by atoms with Gasteiger partial charge in [0.1, 0.15) is 5.75 Å². The molecule has 0 fully saturated rings. The fourth-order valence-corrected chi connectivity index (χ4v) is 4.78. The minimum absolute atomic E-state index is 0.0470. The van der Waals surface area contributed by atoms with Gasteiger partial charge < -0.3 is 16.2 Å². The van der Waals surface area contributed by atoms with Crippen molar-refractivity contribution in [3.63, 3.8) is 0 Å². The molecule has 1 aliphatic rings. The largest absolute Gasteiger partial charge is 0.508 e. The van der Waals surface area contributed by atoms with Crippen molar-refractivity contribution in [2.45, 2.75) is 45.1 Å². The van der Waals surface area contributed by atoms with E-state index in [9.17, 15) is 9.90 Å². The summed E-state index contributed by atoms with van der Waals surface area (Å²) in [6.07, 6.45) is 5.14. The highest BCUT2D eigenvalue weighted by Crippen LogP contribution is 2.31. The maximum atomic E-state index is 11.4. The number of fused-ring (bicyclic) bond motifs is 1. The van der Waals surface area contributed by atoms with E-state index >= 15 is 0 Å². The van der Waals surface area contributed by atoms with Gasteiger partial charge in [0.25, 0.3) is 0 Å². The monoisotopic (exact) mass is 485 g/mol. The Hall–Kier alpha value is -3.55. The number of nitrogens with zero attached hydrogens (tertiary/aromatic N) is 3. The Kier molecular flexibility index (Phi) is 8.81. The zero-order valence-electron chi connectivity index (χ0n) is 20.9. The van der Waals surface area contributed by atoms with E-state index in [0.717, 1.165) is 56.4 Å². The van der Waals surface area contributed by atoms with Crippen LogP contribution in [0.3, 0.4) is 0 Å². The second-order valence-corrected chi connectivity index (χ2v) is 9.26. The molecule has 7 heteroatoms. The molecule has 1 atom stereocenters. The molecule has 0 aromatic heterocycles. The van der Waals surface area contributed by atoms with Gasteiger partial charge in [0.15, 0.2) is 0 Å². The number of amides is 1. The van der Waals surface area contributed by atoms with Gasteiger partial charge >= 0.3 is 0 Å². The Bertz CT molecular complexity index is 1180. The van der Waals surface area contributed by atoms with Crippen molar-refractivity contribution in [3.8, 4) is 5.75 Å². The quantitative estimate of drug-likeness (QED) is 0.329. The first kappa shape index (κ1) is 25.5. The fourth-order valence-electron chi connectivity index (χ4n) is 4.78. The standard InChI is InChI=1S/C29H35N5O2/c1-2-17-34(26-14-15-27-22(19-26)4-3-5-28(27)35)18-16-21-6-8-24(9-7-21)32-33-25-12-10-23(11-13-25)31-29(36)20-30/h3-13,26,35H,2,14-20,30H2,1H3,(H,31,36)/b33-32+. The number of carbonyl (C=O) groups is 1. The van der Waals surface area contributed by atoms with Gasteiger partial charge in [0, 0.05) is 18.3 Å². The predicted octanol–water partition coefficient (Wildman–Crippen LogP) is 5.52. The number of nitrogens with one attached hydrogen (secondary N) is 1. The average Bonchev–Trinajstić information content (AvgIpc) is 2.91. The smallest absolute Gasteiger partial charge is 0.238 e. The highest BCUT2D eigenvalue weighted by molar-refractivity contribution is 5.92. The SMILES string of the molecule is CCCN(CCc1ccc(/N=N/c2ccc(NC(=O)CN)cc2)cc1)C1CCc2c(O)cccc2C1.